The average molecular weight is 314 g/mol. The summed E-state index contributed by atoms with van der Waals surface area (Å²) in [6.45, 7) is 10.8. The summed E-state index contributed by atoms with van der Waals surface area (Å²) in [5, 5.41) is 3.50. The molecule has 1 rings (SSSR count). The Morgan fingerprint density at radius 2 is 1.81 bits per heavy atom. The molecule has 0 aliphatic carbocycles. The number of carbonyl (C=O) groups excluding carboxylic acids is 2. The Kier molecular flexibility index (Phi) is 6.57. The fourth-order valence-electron chi connectivity index (χ4n) is 2.98. The van der Waals surface area contributed by atoms with Crippen molar-refractivity contribution in [2.45, 2.75) is 70.7 Å². The number of rotatable bonds is 7. The van der Waals surface area contributed by atoms with E-state index < -0.39 is 5.54 Å². The highest BCUT2D eigenvalue weighted by atomic mass is 32.2. The molecule has 1 aliphatic heterocycles. The molecule has 2 unspecified atom stereocenters. The van der Waals surface area contributed by atoms with Crippen molar-refractivity contribution in [3.63, 3.8) is 0 Å². The number of amides is 2. The molecule has 0 radical (unpaired) electrons. The lowest BCUT2D eigenvalue weighted by molar-refractivity contribution is -0.157. The maximum atomic E-state index is 13.0. The van der Waals surface area contributed by atoms with Gasteiger partial charge >= 0.3 is 0 Å². The van der Waals surface area contributed by atoms with Crippen molar-refractivity contribution in [3.05, 3.63) is 0 Å². The van der Waals surface area contributed by atoms with E-state index in [1.165, 1.54) is 0 Å². The lowest BCUT2D eigenvalue weighted by Gasteiger charge is -2.47. The molecule has 1 N–H and O–H groups in total. The van der Waals surface area contributed by atoms with Gasteiger partial charge in [0, 0.05) is 11.8 Å². The lowest BCUT2D eigenvalue weighted by Crippen LogP contribution is -2.71. The zero-order valence-electron chi connectivity index (χ0n) is 14.2. The maximum absolute atomic E-state index is 13.0. The van der Waals surface area contributed by atoms with Gasteiger partial charge in [-0.15, -0.1) is 0 Å². The lowest BCUT2D eigenvalue weighted by atomic mass is 9.84. The van der Waals surface area contributed by atoms with Crippen LogP contribution in [0.4, 0.5) is 0 Å². The number of hydrogen-bond donors (Lipinski definition) is 1. The minimum absolute atomic E-state index is 0.00473. The minimum atomic E-state index is -0.703. The molecule has 2 atom stereocenters. The van der Waals surface area contributed by atoms with Crippen molar-refractivity contribution in [1.82, 2.24) is 10.2 Å². The van der Waals surface area contributed by atoms with Gasteiger partial charge in [0.05, 0.1) is 0 Å². The van der Waals surface area contributed by atoms with Crippen LogP contribution in [-0.2, 0) is 9.59 Å². The van der Waals surface area contributed by atoms with Crippen LogP contribution in [0.25, 0.3) is 0 Å². The fraction of sp³-hybridized carbons (Fsp3) is 0.875. The van der Waals surface area contributed by atoms with Crippen molar-refractivity contribution in [3.8, 4) is 0 Å². The van der Waals surface area contributed by atoms with Gasteiger partial charge in [0.15, 0.2) is 0 Å². The van der Waals surface area contributed by atoms with E-state index in [2.05, 4.69) is 18.5 Å². The first-order chi connectivity index (χ1) is 9.82. The van der Waals surface area contributed by atoms with E-state index in [0.29, 0.717) is 24.6 Å². The van der Waals surface area contributed by atoms with Crippen LogP contribution in [0.5, 0.6) is 0 Å². The molecular weight excluding hydrogens is 284 g/mol. The highest BCUT2D eigenvalue weighted by Crippen LogP contribution is 2.28. The molecule has 0 aromatic rings. The second-order valence-electron chi connectivity index (χ2n) is 6.30. The number of carbonyl (C=O) groups is 2. The van der Waals surface area contributed by atoms with Crippen LogP contribution in [0, 0.1) is 5.92 Å². The van der Waals surface area contributed by atoms with Crippen LogP contribution < -0.4 is 5.32 Å². The van der Waals surface area contributed by atoms with Gasteiger partial charge in [-0.25, -0.2) is 0 Å². The molecule has 122 valence electrons. The Morgan fingerprint density at radius 1 is 1.24 bits per heavy atom. The first-order valence-electron chi connectivity index (χ1n) is 7.98. The highest BCUT2D eigenvalue weighted by molar-refractivity contribution is 7.99. The third-order valence-corrected chi connectivity index (χ3v) is 5.70. The van der Waals surface area contributed by atoms with Gasteiger partial charge in [-0.05, 0) is 31.4 Å². The van der Waals surface area contributed by atoms with Crippen molar-refractivity contribution in [2.24, 2.45) is 5.92 Å². The molecule has 0 saturated carbocycles. The van der Waals surface area contributed by atoms with E-state index in [4.69, 9.17) is 0 Å². The molecular formula is C16H30N2O2S. The Hall–Kier alpha value is -0.710. The Labute approximate surface area is 133 Å². The summed E-state index contributed by atoms with van der Waals surface area (Å²) in [5.41, 5.74) is -0.703. The molecule has 1 fully saturated rings. The third-order valence-electron chi connectivity index (χ3n) is 4.65. The summed E-state index contributed by atoms with van der Waals surface area (Å²) < 4.78 is 0. The van der Waals surface area contributed by atoms with Crippen molar-refractivity contribution in [1.29, 1.82) is 0 Å². The number of hydrogen-bond acceptors (Lipinski definition) is 3. The fourth-order valence-corrected chi connectivity index (χ4v) is 3.32. The van der Waals surface area contributed by atoms with Crippen LogP contribution in [0.1, 0.15) is 53.9 Å². The molecule has 0 bridgehead atoms. The monoisotopic (exact) mass is 314 g/mol. The second kappa shape index (κ2) is 7.52. The van der Waals surface area contributed by atoms with Gasteiger partial charge in [0.1, 0.15) is 11.6 Å². The summed E-state index contributed by atoms with van der Waals surface area (Å²) in [6, 6.07) is -0.335. The molecule has 0 aromatic carbocycles. The predicted octanol–water partition coefficient (Wildman–Crippen LogP) is 2.67. The van der Waals surface area contributed by atoms with Crippen molar-refractivity contribution < 1.29 is 9.59 Å². The zero-order chi connectivity index (χ0) is 16.2. The van der Waals surface area contributed by atoms with E-state index in [0.717, 1.165) is 6.42 Å². The van der Waals surface area contributed by atoms with Gasteiger partial charge in [-0.2, -0.15) is 11.8 Å². The summed E-state index contributed by atoms with van der Waals surface area (Å²) in [6.07, 6.45) is 4.30. The summed E-state index contributed by atoms with van der Waals surface area (Å²) in [4.78, 5) is 27.3. The number of thioether (sulfide) groups is 1. The van der Waals surface area contributed by atoms with E-state index in [1.54, 1.807) is 11.8 Å². The molecule has 0 spiro atoms. The van der Waals surface area contributed by atoms with Gasteiger partial charge in [0.25, 0.3) is 0 Å². The quantitative estimate of drug-likeness (QED) is 0.786. The average Bonchev–Trinajstić information content (AvgIpc) is 2.46. The van der Waals surface area contributed by atoms with E-state index in [-0.39, 0.29) is 23.8 Å². The van der Waals surface area contributed by atoms with Gasteiger partial charge in [-0.3, -0.25) is 9.59 Å². The predicted molar refractivity (Wildman–Crippen MR) is 89.4 cm³/mol. The number of nitrogens with zero attached hydrogens (tertiary/aromatic N) is 1. The van der Waals surface area contributed by atoms with Crippen LogP contribution in [0.15, 0.2) is 0 Å². The summed E-state index contributed by atoms with van der Waals surface area (Å²) in [7, 11) is 0. The van der Waals surface area contributed by atoms with Gasteiger partial charge in [-0.1, -0.05) is 34.6 Å². The normalized spacial score (nSPS) is 23.4. The molecule has 4 nitrogen and oxygen atoms in total. The molecule has 5 heteroatoms. The zero-order valence-corrected chi connectivity index (χ0v) is 15.0. The van der Waals surface area contributed by atoms with Crippen LogP contribution >= 0.6 is 11.8 Å². The van der Waals surface area contributed by atoms with E-state index >= 15 is 0 Å². The molecule has 21 heavy (non-hydrogen) atoms. The third kappa shape index (κ3) is 3.74. The minimum Gasteiger partial charge on any atom is -0.340 e. The van der Waals surface area contributed by atoms with Crippen molar-refractivity contribution >= 4 is 23.6 Å². The first kappa shape index (κ1) is 18.3. The van der Waals surface area contributed by atoms with E-state index in [9.17, 15) is 9.59 Å². The Balaban J connectivity index is 3.03. The summed E-state index contributed by atoms with van der Waals surface area (Å²) >= 11 is 1.80. The Bertz CT molecular complexity index is 380. The van der Waals surface area contributed by atoms with Gasteiger partial charge in [0.2, 0.25) is 11.8 Å². The summed E-state index contributed by atoms with van der Waals surface area (Å²) in [5.74, 6) is 0.231. The van der Waals surface area contributed by atoms with Crippen LogP contribution in [0.2, 0.25) is 0 Å². The molecule has 1 aliphatic rings. The molecule has 1 heterocycles. The van der Waals surface area contributed by atoms with Crippen LogP contribution in [0.3, 0.4) is 0 Å². The SMILES string of the molecule is CCC1(CC)NC(=O)C(C(C)C)N(CCC(C)SC)C1=O. The van der Waals surface area contributed by atoms with E-state index in [1.807, 2.05) is 32.6 Å². The second-order valence-corrected chi connectivity index (χ2v) is 7.58. The largest absolute Gasteiger partial charge is 0.340 e. The smallest absolute Gasteiger partial charge is 0.248 e. The van der Waals surface area contributed by atoms with Crippen molar-refractivity contribution in [2.75, 3.05) is 12.8 Å². The van der Waals surface area contributed by atoms with Gasteiger partial charge < -0.3 is 10.2 Å². The molecule has 1 saturated heterocycles. The Morgan fingerprint density at radius 3 is 2.24 bits per heavy atom. The highest BCUT2D eigenvalue weighted by Gasteiger charge is 2.49. The number of nitrogens with one attached hydrogen (secondary N) is 1. The molecule has 2 amide bonds. The number of piperazine rings is 1. The molecule has 0 aromatic heterocycles. The topological polar surface area (TPSA) is 49.4 Å². The van der Waals surface area contributed by atoms with Crippen LogP contribution in [-0.4, -0.2) is 46.3 Å². The standard InChI is InChI=1S/C16H30N2O2S/c1-7-16(8-2)15(20)18(10-9-12(5)21-6)13(11(3)4)14(19)17-16/h11-13H,7-10H2,1-6H3,(H,17,19). The first-order valence-corrected chi connectivity index (χ1v) is 9.27. The maximum Gasteiger partial charge on any atom is 0.248 e.